The molecule has 2 N–H and O–H groups in total. The smallest absolute Gasteiger partial charge is 0.272 e. The Kier molecular flexibility index (Phi) is 6.05. The van der Waals surface area contributed by atoms with Gasteiger partial charge in [0.05, 0.1) is 16.7 Å². The van der Waals surface area contributed by atoms with Crippen molar-refractivity contribution < 1.29 is 14.8 Å². The third kappa shape index (κ3) is 4.47. The number of hydrogen-bond donors (Lipinski definition) is 2. The van der Waals surface area contributed by atoms with Gasteiger partial charge in [-0.15, -0.1) is 0 Å². The number of nitriles is 1. The lowest BCUT2D eigenvalue weighted by atomic mass is 10.1. The minimum atomic E-state index is -0.515. The van der Waals surface area contributed by atoms with E-state index in [4.69, 9.17) is 5.26 Å². The van der Waals surface area contributed by atoms with E-state index in [1.807, 2.05) is 47.2 Å². The Labute approximate surface area is 194 Å². The summed E-state index contributed by atoms with van der Waals surface area (Å²) in [6.45, 7) is 2.17. The zero-order chi connectivity index (χ0) is 24.2. The molecule has 168 valence electrons. The number of nitrogens with one attached hydrogen (secondary N) is 1. The fourth-order valence-electron chi connectivity index (χ4n) is 3.64. The molecular formula is C25H19N5O4. The van der Waals surface area contributed by atoms with Crippen LogP contribution in [0.1, 0.15) is 32.6 Å². The van der Waals surface area contributed by atoms with Crippen LogP contribution in [0.4, 0.5) is 5.69 Å². The van der Waals surface area contributed by atoms with E-state index in [-0.39, 0.29) is 27.5 Å². The molecule has 9 nitrogen and oxygen atoms in total. The molecule has 0 radical (unpaired) electrons. The standard InChI is InChI=1S/C25H19N5O4/c1-16-5-6-17(11-23(16)30(33)34)15-29-10-9-21-19(3-2-4-22(21)29)14-27-28-25(32)18-7-8-24(31)20(12-18)13-26/h2-12,14,31H,15H2,1H3,(H,28,32). The predicted octanol–water partition coefficient (Wildman–Crippen LogP) is 4.25. The number of amides is 1. The lowest BCUT2D eigenvalue weighted by molar-refractivity contribution is -0.385. The number of aromatic hydroxyl groups is 1. The van der Waals surface area contributed by atoms with Gasteiger partial charge in [-0.25, -0.2) is 5.43 Å². The predicted molar refractivity (Wildman–Crippen MR) is 127 cm³/mol. The number of nitro benzene ring substituents is 1. The summed E-state index contributed by atoms with van der Waals surface area (Å²) < 4.78 is 1.99. The summed E-state index contributed by atoms with van der Waals surface area (Å²) in [6, 6.07) is 18.6. The van der Waals surface area contributed by atoms with Crippen LogP contribution in [0.25, 0.3) is 10.9 Å². The number of phenols is 1. The summed E-state index contributed by atoms with van der Waals surface area (Å²) in [6.07, 6.45) is 3.42. The van der Waals surface area contributed by atoms with E-state index < -0.39 is 5.91 Å². The van der Waals surface area contributed by atoms with Crippen molar-refractivity contribution in [2.24, 2.45) is 5.10 Å². The molecule has 0 saturated heterocycles. The molecule has 0 fully saturated rings. The number of hydrazone groups is 1. The Bertz CT molecular complexity index is 1500. The maximum atomic E-state index is 12.3. The molecule has 0 spiro atoms. The van der Waals surface area contributed by atoms with E-state index in [2.05, 4.69) is 10.5 Å². The third-order valence-electron chi connectivity index (χ3n) is 5.42. The van der Waals surface area contributed by atoms with E-state index >= 15 is 0 Å². The molecule has 1 aromatic heterocycles. The van der Waals surface area contributed by atoms with Crippen molar-refractivity contribution in [3.63, 3.8) is 0 Å². The summed E-state index contributed by atoms with van der Waals surface area (Å²) in [5.41, 5.74) is 5.82. The minimum Gasteiger partial charge on any atom is -0.507 e. The third-order valence-corrected chi connectivity index (χ3v) is 5.42. The van der Waals surface area contributed by atoms with Crippen molar-refractivity contribution in [3.8, 4) is 11.8 Å². The van der Waals surface area contributed by atoms with Gasteiger partial charge in [0.25, 0.3) is 11.6 Å². The zero-order valence-electron chi connectivity index (χ0n) is 18.1. The molecule has 0 saturated carbocycles. The summed E-state index contributed by atoms with van der Waals surface area (Å²) >= 11 is 0. The van der Waals surface area contributed by atoms with Crippen LogP contribution in [0, 0.1) is 28.4 Å². The largest absolute Gasteiger partial charge is 0.507 e. The lowest BCUT2D eigenvalue weighted by Gasteiger charge is -2.07. The second kappa shape index (κ2) is 9.26. The average molecular weight is 453 g/mol. The molecule has 34 heavy (non-hydrogen) atoms. The van der Waals surface area contributed by atoms with E-state index in [0.29, 0.717) is 12.1 Å². The second-order valence-electron chi connectivity index (χ2n) is 7.64. The molecule has 9 heteroatoms. The molecule has 1 heterocycles. The Morgan fingerprint density at radius 1 is 1.24 bits per heavy atom. The number of carbonyl (C=O) groups is 1. The summed E-state index contributed by atoms with van der Waals surface area (Å²) in [4.78, 5) is 23.2. The number of rotatable bonds is 6. The molecule has 1 amide bonds. The van der Waals surface area contributed by atoms with Gasteiger partial charge >= 0.3 is 0 Å². The highest BCUT2D eigenvalue weighted by molar-refractivity contribution is 6.00. The number of benzene rings is 3. The van der Waals surface area contributed by atoms with Gasteiger partial charge in [0.1, 0.15) is 11.8 Å². The summed E-state index contributed by atoms with van der Waals surface area (Å²) in [7, 11) is 0. The fraction of sp³-hybridized carbons (Fsp3) is 0.0800. The lowest BCUT2D eigenvalue weighted by Crippen LogP contribution is -2.17. The van der Waals surface area contributed by atoms with Gasteiger partial charge in [-0.3, -0.25) is 14.9 Å². The number of phenolic OH excluding ortho intramolecular Hbond substituents is 1. The van der Waals surface area contributed by atoms with Gasteiger partial charge in [-0.05, 0) is 42.8 Å². The number of fused-ring (bicyclic) bond motifs is 1. The van der Waals surface area contributed by atoms with E-state index in [1.165, 1.54) is 24.4 Å². The molecule has 4 rings (SSSR count). The molecule has 3 aromatic carbocycles. The van der Waals surface area contributed by atoms with Crippen molar-refractivity contribution in [3.05, 3.63) is 105 Å². The van der Waals surface area contributed by atoms with Gasteiger partial charge in [-0.1, -0.05) is 24.3 Å². The fourth-order valence-corrected chi connectivity index (χ4v) is 3.64. The van der Waals surface area contributed by atoms with E-state index in [1.54, 1.807) is 19.1 Å². The second-order valence-corrected chi connectivity index (χ2v) is 7.64. The Morgan fingerprint density at radius 2 is 2.06 bits per heavy atom. The Hall–Kier alpha value is -4.97. The minimum absolute atomic E-state index is 0.00152. The average Bonchev–Trinajstić information content (AvgIpc) is 3.24. The van der Waals surface area contributed by atoms with Crippen LogP contribution in [-0.2, 0) is 6.54 Å². The number of carbonyl (C=O) groups excluding carboxylic acids is 1. The number of hydrogen-bond acceptors (Lipinski definition) is 6. The van der Waals surface area contributed by atoms with Crippen LogP contribution >= 0.6 is 0 Å². The Balaban J connectivity index is 1.54. The zero-order valence-corrected chi connectivity index (χ0v) is 18.1. The van der Waals surface area contributed by atoms with Crippen molar-refractivity contribution in [1.82, 2.24) is 9.99 Å². The summed E-state index contributed by atoms with van der Waals surface area (Å²) in [5, 5.41) is 34.7. The molecule has 0 aliphatic heterocycles. The van der Waals surface area contributed by atoms with Gasteiger partial charge in [-0.2, -0.15) is 10.4 Å². The highest BCUT2D eigenvalue weighted by atomic mass is 16.6. The van der Waals surface area contributed by atoms with Gasteiger partial charge < -0.3 is 9.67 Å². The molecule has 0 atom stereocenters. The first-order valence-corrected chi connectivity index (χ1v) is 10.3. The maximum Gasteiger partial charge on any atom is 0.272 e. The SMILES string of the molecule is Cc1ccc(Cn2ccc3c(C=NNC(=O)c4ccc(O)c(C#N)c4)cccc32)cc1[N+](=O)[O-]. The van der Waals surface area contributed by atoms with Crippen LogP contribution < -0.4 is 5.43 Å². The molecule has 0 unspecified atom stereocenters. The van der Waals surface area contributed by atoms with Gasteiger partial charge in [0, 0.05) is 46.4 Å². The van der Waals surface area contributed by atoms with Crippen molar-refractivity contribution in [1.29, 1.82) is 5.26 Å². The first-order valence-electron chi connectivity index (χ1n) is 10.3. The first-order chi connectivity index (χ1) is 16.4. The van der Waals surface area contributed by atoms with Crippen LogP contribution in [0.15, 0.2) is 72.0 Å². The highest BCUT2D eigenvalue weighted by Gasteiger charge is 2.12. The summed E-state index contributed by atoms with van der Waals surface area (Å²) in [5.74, 6) is -0.711. The quantitative estimate of drug-likeness (QED) is 0.256. The molecule has 0 aliphatic carbocycles. The number of nitro groups is 1. The van der Waals surface area contributed by atoms with Crippen molar-refractivity contribution in [2.75, 3.05) is 0 Å². The van der Waals surface area contributed by atoms with Crippen LogP contribution in [0.2, 0.25) is 0 Å². The van der Waals surface area contributed by atoms with Gasteiger partial charge in [0.2, 0.25) is 0 Å². The van der Waals surface area contributed by atoms with E-state index in [9.17, 15) is 20.0 Å². The van der Waals surface area contributed by atoms with E-state index in [0.717, 1.165) is 22.0 Å². The molecule has 0 bridgehead atoms. The normalized spacial score (nSPS) is 10.9. The molecule has 0 aliphatic rings. The first kappa shape index (κ1) is 22.2. The Morgan fingerprint density at radius 3 is 2.82 bits per heavy atom. The maximum absolute atomic E-state index is 12.3. The van der Waals surface area contributed by atoms with Crippen LogP contribution in [0.5, 0.6) is 5.75 Å². The van der Waals surface area contributed by atoms with Crippen LogP contribution in [0.3, 0.4) is 0 Å². The number of nitrogens with zero attached hydrogens (tertiary/aromatic N) is 4. The highest BCUT2D eigenvalue weighted by Crippen LogP contribution is 2.23. The molecule has 4 aromatic rings. The topological polar surface area (TPSA) is 134 Å². The van der Waals surface area contributed by atoms with Crippen molar-refractivity contribution in [2.45, 2.75) is 13.5 Å². The number of aromatic nitrogens is 1. The number of aryl methyl sites for hydroxylation is 1. The monoisotopic (exact) mass is 453 g/mol. The van der Waals surface area contributed by atoms with Crippen molar-refractivity contribution >= 4 is 28.7 Å². The van der Waals surface area contributed by atoms with Crippen LogP contribution in [-0.4, -0.2) is 26.7 Å². The molecular weight excluding hydrogens is 434 g/mol. The van der Waals surface area contributed by atoms with Gasteiger partial charge in [0.15, 0.2) is 0 Å².